The van der Waals surface area contributed by atoms with Crippen molar-refractivity contribution in [2.24, 2.45) is 0 Å². The first-order valence-electron chi connectivity index (χ1n) is 7.68. The Bertz CT molecular complexity index is 658. The molecular formula is C18H22NaO4P. The van der Waals surface area contributed by atoms with Crippen LogP contribution in [0.5, 0.6) is 11.5 Å². The van der Waals surface area contributed by atoms with Crippen molar-refractivity contribution >= 4 is 7.82 Å². The number of rotatable bonds is 6. The van der Waals surface area contributed by atoms with E-state index in [1.807, 2.05) is 52.0 Å². The van der Waals surface area contributed by atoms with Gasteiger partial charge in [0.05, 0.1) is 0 Å². The Morgan fingerprint density at radius 3 is 1.46 bits per heavy atom. The SMILES string of the molecule is CC(C)c1ccccc1OP(=O)([O-])Oc1ccccc1C(C)C.[Na+]. The average Bonchev–Trinajstić information content (AvgIpc) is 2.47. The minimum atomic E-state index is -4.52. The molecule has 0 bridgehead atoms. The minimum absolute atomic E-state index is 0. The normalized spacial score (nSPS) is 11.3. The van der Waals surface area contributed by atoms with Crippen LogP contribution in [0, 0.1) is 0 Å². The van der Waals surface area contributed by atoms with Crippen molar-refractivity contribution < 1.29 is 48.1 Å². The van der Waals surface area contributed by atoms with Gasteiger partial charge in [0.25, 0.3) is 0 Å². The van der Waals surface area contributed by atoms with Gasteiger partial charge in [0.1, 0.15) is 11.5 Å². The van der Waals surface area contributed by atoms with Gasteiger partial charge in [0.15, 0.2) is 0 Å². The number of phosphoric ester groups is 1. The summed E-state index contributed by atoms with van der Waals surface area (Å²) in [6, 6.07) is 14.2. The third-order valence-electron chi connectivity index (χ3n) is 3.50. The maximum atomic E-state index is 12.3. The Morgan fingerprint density at radius 1 is 0.792 bits per heavy atom. The van der Waals surface area contributed by atoms with E-state index < -0.39 is 7.82 Å². The third kappa shape index (κ3) is 5.65. The molecule has 0 N–H and O–H groups in total. The summed E-state index contributed by atoms with van der Waals surface area (Å²) in [5.41, 5.74) is 1.65. The van der Waals surface area contributed by atoms with Gasteiger partial charge in [-0.15, -0.1) is 0 Å². The molecule has 0 aliphatic rings. The molecule has 0 aliphatic heterocycles. The van der Waals surface area contributed by atoms with Crippen LogP contribution in [0.4, 0.5) is 0 Å². The quantitative estimate of drug-likeness (QED) is 0.586. The van der Waals surface area contributed by atoms with E-state index >= 15 is 0 Å². The van der Waals surface area contributed by atoms with Crippen LogP contribution in [0.25, 0.3) is 0 Å². The topological polar surface area (TPSA) is 58.6 Å². The van der Waals surface area contributed by atoms with Gasteiger partial charge in [-0.2, -0.15) is 0 Å². The molecule has 4 nitrogen and oxygen atoms in total. The smallest absolute Gasteiger partial charge is 0.736 e. The monoisotopic (exact) mass is 356 g/mol. The van der Waals surface area contributed by atoms with Crippen LogP contribution < -0.4 is 43.5 Å². The Labute approximate surface area is 166 Å². The molecule has 0 amide bonds. The molecule has 2 rings (SSSR count). The van der Waals surface area contributed by atoms with Crippen LogP contribution in [0.15, 0.2) is 48.5 Å². The molecule has 0 aliphatic carbocycles. The largest absolute Gasteiger partial charge is 1.00 e. The molecule has 2 aromatic rings. The number of para-hydroxylation sites is 2. The van der Waals surface area contributed by atoms with Crippen LogP contribution >= 0.6 is 7.82 Å². The summed E-state index contributed by atoms with van der Waals surface area (Å²) < 4.78 is 22.7. The molecule has 6 heteroatoms. The number of phosphoric acid groups is 1. The molecule has 0 saturated carbocycles. The van der Waals surface area contributed by atoms with Crippen molar-refractivity contribution in [3.63, 3.8) is 0 Å². The fourth-order valence-electron chi connectivity index (χ4n) is 2.34. The van der Waals surface area contributed by atoms with E-state index in [1.165, 1.54) is 0 Å². The van der Waals surface area contributed by atoms with Crippen molar-refractivity contribution in [1.29, 1.82) is 0 Å². The molecule has 0 saturated heterocycles. The van der Waals surface area contributed by atoms with Gasteiger partial charge in [0.2, 0.25) is 0 Å². The Morgan fingerprint density at radius 2 is 1.12 bits per heavy atom. The maximum absolute atomic E-state index is 12.3. The first kappa shape index (κ1) is 21.3. The standard InChI is InChI=1S/C18H23O4P.Na/c1-13(2)15-9-5-7-11-17(15)21-23(19,20)22-18-12-8-6-10-16(18)14(3)4;/h5-14H,1-4H3,(H,19,20);/q;+1/p-1. The van der Waals surface area contributed by atoms with Gasteiger partial charge >= 0.3 is 37.4 Å². The average molecular weight is 356 g/mol. The fraction of sp³-hybridized carbons (Fsp3) is 0.333. The summed E-state index contributed by atoms with van der Waals surface area (Å²) in [7, 11) is -4.52. The predicted molar refractivity (Wildman–Crippen MR) is 89.9 cm³/mol. The van der Waals surface area contributed by atoms with Gasteiger partial charge in [-0.3, -0.25) is 0 Å². The second-order valence-electron chi connectivity index (χ2n) is 6.01. The van der Waals surface area contributed by atoms with Crippen LogP contribution in [0.3, 0.4) is 0 Å². The minimum Gasteiger partial charge on any atom is -0.736 e. The molecule has 0 fully saturated rings. The zero-order valence-electron chi connectivity index (χ0n) is 14.9. The van der Waals surface area contributed by atoms with E-state index in [1.54, 1.807) is 24.3 Å². The van der Waals surface area contributed by atoms with E-state index in [0.717, 1.165) is 11.1 Å². The second kappa shape index (κ2) is 9.07. The van der Waals surface area contributed by atoms with E-state index in [4.69, 9.17) is 9.05 Å². The summed E-state index contributed by atoms with van der Waals surface area (Å²) in [6.07, 6.45) is 0. The molecule has 0 spiro atoms. The van der Waals surface area contributed by atoms with Crippen LogP contribution in [-0.2, 0) is 4.57 Å². The summed E-state index contributed by atoms with van der Waals surface area (Å²) in [5, 5.41) is 0. The molecule has 0 atom stereocenters. The molecule has 24 heavy (non-hydrogen) atoms. The van der Waals surface area contributed by atoms with Gasteiger partial charge in [-0.1, -0.05) is 64.1 Å². The van der Waals surface area contributed by atoms with Gasteiger partial charge < -0.3 is 13.9 Å². The summed E-state index contributed by atoms with van der Waals surface area (Å²) in [5.74, 6) is 0.911. The van der Waals surface area contributed by atoms with Gasteiger partial charge in [-0.25, -0.2) is 4.57 Å². The number of benzene rings is 2. The zero-order valence-corrected chi connectivity index (χ0v) is 17.7. The molecule has 0 unspecified atom stereocenters. The summed E-state index contributed by atoms with van der Waals surface area (Å²) in [4.78, 5) is 12.3. The molecular weight excluding hydrogens is 334 g/mol. The van der Waals surface area contributed by atoms with Crippen molar-refractivity contribution in [1.82, 2.24) is 0 Å². The summed E-state index contributed by atoms with van der Waals surface area (Å²) >= 11 is 0. The number of hydrogen-bond donors (Lipinski definition) is 0. The molecule has 124 valence electrons. The van der Waals surface area contributed by atoms with E-state index in [0.29, 0.717) is 11.5 Å². The molecule has 2 aromatic carbocycles. The first-order chi connectivity index (χ1) is 10.8. The summed E-state index contributed by atoms with van der Waals surface area (Å²) in [6.45, 7) is 7.92. The van der Waals surface area contributed by atoms with Crippen molar-refractivity contribution in [2.45, 2.75) is 39.5 Å². The zero-order chi connectivity index (χ0) is 17.0. The molecule has 0 aromatic heterocycles. The van der Waals surface area contributed by atoms with Crippen molar-refractivity contribution in [3.8, 4) is 11.5 Å². The van der Waals surface area contributed by atoms with E-state index in [-0.39, 0.29) is 41.4 Å². The van der Waals surface area contributed by atoms with Gasteiger partial charge in [0, 0.05) is 0 Å². The predicted octanol–water partition coefficient (Wildman–Crippen LogP) is 1.86. The molecule has 0 heterocycles. The third-order valence-corrected chi connectivity index (χ3v) is 4.34. The van der Waals surface area contributed by atoms with Gasteiger partial charge in [-0.05, 0) is 35.1 Å². The second-order valence-corrected chi connectivity index (χ2v) is 7.27. The maximum Gasteiger partial charge on any atom is 1.00 e. The fourth-order valence-corrected chi connectivity index (χ4v) is 3.19. The van der Waals surface area contributed by atoms with E-state index in [9.17, 15) is 9.46 Å². The van der Waals surface area contributed by atoms with Crippen LogP contribution in [-0.4, -0.2) is 0 Å². The first-order valence-corrected chi connectivity index (χ1v) is 9.14. The Hall–Kier alpha value is -0.770. The van der Waals surface area contributed by atoms with Crippen molar-refractivity contribution in [2.75, 3.05) is 0 Å². The van der Waals surface area contributed by atoms with Crippen molar-refractivity contribution in [3.05, 3.63) is 59.7 Å². The Kier molecular flexibility index (Phi) is 8.04. The molecule has 0 radical (unpaired) electrons. The van der Waals surface area contributed by atoms with E-state index in [2.05, 4.69) is 0 Å². The van der Waals surface area contributed by atoms with Crippen LogP contribution in [0.2, 0.25) is 0 Å². The van der Waals surface area contributed by atoms with Crippen LogP contribution in [0.1, 0.15) is 50.7 Å². The number of hydrogen-bond acceptors (Lipinski definition) is 4. The Balaban J connectivity index is 0.00000288.